The minimum Gasteiger partial charge on any atom is -0.356 e. The van der Waals surface area contributed by atoms with Gasteiger partial charge in [0.15, 0.2) is 5.96 Å². The van der Waals surface area contributed by atoms with E-state index in [2.05, 4.69) is 29.1 Å². The van der Waals surface area contributed by atoms with E-state index in [1.165, 1.54) is 18.2 Å². The Labute approximate surface area is 135 Å². The Morgan fingerprint density at radius 2 is 2.05 bits per heavy atom. The first-order valence-corrected chi connectivity index (χ1v) is 8.44. The maximum absolute atomic E-state index is 13.6. The van der Waals surface area contributed by atoms with Crippen molar-refractivity contribution in [3.63, 3.8) is 0 Å². The third-order valence-electron chi connectivity index (χ3n) is 3.66. The summed E-state index contributed by atoms with van der Waals surface area (Å²) in [5, 5.41) is 3.21. The number of halogens is 2. The highest BCUT2D eigenvalue weighted by Gasteiger charge is 2.28. The van der Waals surface area contributed by atoms with Gasteiger partial charge in [0.1, 0.15) is 11.6 Å². The van der Waals surface area contributed by atoms with Crippen LogP contribution in [-0.4, -0.2) is 48.0 Å². The van der Waals surface area contributed by atoms with Crippen molar-refractivity contribution < 1.29 is 8.78 Å². The second-order valence-corrected chi connectivity index (χ2v) is 7.76. The molecule has 0 radical (unpaired) electrons. The van der Waals surface area contributed by atoms with Crippen LogP contribution in [0.1, 0.15) is 19.4 Å². The van der Waals surface area contributed by atoms with Crippen LogP contribution in [0.2, 0.25) is 0 Å². The normalized spacial score (nSPS) is 18.4. The van der Waals surface area contributed by atoms with E-state index in [4.69, 9.17) is 0 Å². The van der Waals surface area contributed by atoms with Crippen molar-refractivity contribution >= 4 is 17.7 Å². The Morgan fingerprint density at radius 1 is 1.36 bits per heavy atom. The number of rotatable bonds is 3. The van der Waals surface area contributed by atoms with Crippen molar-refractivity contribution in [2.75, 3.05) is 32.4 Å². The summed E-state index contributed by atoms with van der Waals surface area (Å²) < 4.78 is 27.4. The summed E-state index contributed by atoms with van der Waals surface area (Å²) in [6, 6.07) is 3.96. The molecule has 0 atom stereocenters. The van der Waals surface area contributed by atoms with Gasteiger partial charge in [-0.15, -0.1) is 0 Å². The van der Waals surface area contributed by atoms with Gasteiger partial charge in [0.05, 0.1) is 0 Å². The minimum absolute atomic E-state index is 0.125. The van der Waals surface area contributed by atoms with Crippen molar-refractivity contribution in [1.82, 2.24) is 10.2 Å². The Hall–Kier alpha value is -1.30. The molecule has 1 N–H and O–H groups in total. The van der Waals surface area contributed by atoms with E-state index in [0.717, 1.165) is 24.8 Å². The molecule has 1 aromatic carbocycles. The molecule has 0 amide bonds. The summed E-state index contributed by atoms with van der Waals surface area (Å²) in [7, 11) is 1.74. The molecule has 0 unspecified atom stereocenters. The molecule has 0 bridgehead atoms. The smallest absolute Gasteiger partial charge is 0.193 e. The number of hydrogen-bond donors (Lipinski definition) is 1. The fourth-order valence-electron chi connectivity index (χ4n) is 2.60. The van der Waals surface area contributed by atoms with Crippen LogP contribution < -0.4 is 5.32 Å². The lowest BCUT2D eigenvalue weighted by Gasteiger charge is -2.39. The number of nitrogens with one attached hydrogen (secondary N) is 1. The predicted octanol–water partition coefficient (Wildman–Crippen LogP) is 2.91. The standard InChI is InChI=1S/C16H23F2N3S/c1-16(2)11-21(9-10-22-16)15(19-3)20-8-7-12-13(17)5-4-6-14(12)18/h4-6H,7-11H2,1-3H3,(H,19,20). The van der Waals surface area contributed by atoms with Gasteiger partial charge in [0.2, 0.25) is 0 Å². The molecule has 0 saturated carbocycles. The molecular formula is C16H23F2N3S. The molecule has 0 aromatic heterocycles. The first-order chi connectivity index (χ1) is 10.4. The van der Waals surface area contributed by atoms with Gasteiger partial charge in [-0.2, -0.15) is 11.8 Å². The molecule has 22 heavy (non-hydrogen) atoms. The average molecular weight is 327 g/mol. The summed E-state index contributed by atoms with van der Waals surface area (Å²) >= 11 is 1.95. The summed E-state index contributed by atoms with van der Waals surface area (Å²) in [5.41, 5.74) is 0.125. The summed E-state index contributed by atoms with van der Waals surface area (Å²) in [5.74, 6) is 0.861. The second kappa shape index (κ2) is 7.31. The van der Waals surface area contributed by atoms with Crippen molar-refractivity contribution in [3.05, 3.63) is 35.4 Å². The average Bonchev–Trinajstić information content (AvgIpc) is 2.45. The van der Waals surface area contributed by atoms with Crippen molar-refractivity contribution in [2.45, 2.75) is 25.0 Å². The Morgan fingerprint density at radius 3 is 2.64 bits per heavy atom. The lowest BCUT2D eigenvalue weighted by Crippen LogP contribution is -2.51. The maximum atomic E-state index is 13.6. The van der Waals surface area contributed by atoms with Gasteiger partial charge >= 0.3 is 0 Å². The Bertz CT molecular complexity index is 526. The molecule has 1 heterocycles. The molecule has 0 spiro atoms. The highest BCUT2D eigenvalue weighted by Crippen LogP contribution is 2.29. The first kappa shape index (κ1) is 17.1. The maximum Gasteiger partial charge on any atom is 0.193 e. The van der Waals surface area contributed by atoms with Crippen LogP contribution in [0.3, 0.4) is 0 Å². The van der Waals surface area contributed by atoms with E-state index in [-0.39, 0.29) is 10.3 Å². The van der Waals surface area contributed by atoms with Gasteiger partial charge in [0.25, 0.3) is 0 Å². The van der Waals surface area contributed by atoms with Crippen LogP contribution in [0.15, 0.2) is 23.2 Å². The number of nitrogens with zero attached hydrogens (tertiary/aromatic N) is 2. The minimum atomic E-state index is -0.493. The lowest BCUT2D eigenvalue weighted by molar-refractivity contribution is 0.376. The molecule has 0 aliphatic carbocycles. The van der Waals surface area contributed by atoms with Gasteiger partial charge < -0.3 is 10.2 Å². The molecule has 1 aromatic rings. The highest BCUT2D eigenvalue weighted by atomic mass is 32.2. The third-order valence-corrected chi connectivity index (χ3v) is 4.95. The van der Waals surface area contributed by atoms with Gasteiger partial charge in [-0.3, -0.25) is 4.99 Å². The van der Waals surface area contributed by atoms with E-state index in [1.54, 1.807) is 7.05 Å². The lowest BCUT2D eigenvalue weighted by atomic mass is 10.1. The fraction of sp³-hybridized carbons (Fsp3) is 0.562. The molecular weight excluding hydrogens is 304 g/mol. The molecule has 1 aliphatic heterocycles. The summed E-state index contributed by atoms with van der Waals surface area (Å²) in [4.78, 5) is 6.49. The first-order valence-electron chi connectivity index (χ1n) is 7.45. The Kier molecular flexibility index (Phi) is 5.67. The van der Waals surface area contributed by atoms with Gasteiger partial charge in [-0.1, -0.05) is 6.07 Å². The second-order valence-electron chi connectivity index (χ2n) is 5.95. The van der Waals surface area contributed by atoms with E-state index in [9.17, 15) is 8.78 Å². The molecule has 1 saturated heterocycles. The van der Waals surface area contributed by atoms with Crippen LogP contribution >= 0.6 is 11.8 Å². The number of benzene rings is 1. The van der Waals surface area contributed by atoms with Crippen LogP contribution in [0.25, 0.3) is 0 Å². The van der Waals surface area contributed by atoms with Gasteiger partial charge in [-0.25, -0.2) is 8.78 Å². The van der Waals surface area contributed by atoms with Crippen LogP contribution in [0, 0.1) is 11.6 Å². The van der Waals surface area contributed by atoms with Crippen molar-refractivity contribution in [2.24, 2.45) is 4.99 Å². The fourth-order valence-corrected chi connectivity index (χ4v) is 3.71. The van der Waals surface area contributed by atoms with E-state index < -0.39 is 11.6 Å². The number of guanidine groups is 1. The molecule has 6 heteroatoms. The monoisotopic (exact) mass is 327 g/mol. The number of hydrogen-bond acceptors (Lipinski definition) is 2. The summed E-state index contributed by atoms with van der Waals surface area (Å²) in [6.07, 6.45) is 0.295. The van der Waals surface area contributed by atoms with Gasteiger partial charge in [0, 0.05) is 42.7 Å². The van der Waals surface area contributed by atoms with Crippen LogP contribution in [-0.2, 0) is 6.42 Å². The molecule has 1 aliphatic rings. The predicted molar refractivity (Wildman–Crippen MR) is 89.5 cm³/mol. The topological polar surface area (TPSA) is 27.6 Å². The van der Waals surface area contributed by atoms with Crippen LogP contribution in [0.4, 0.5) is 8.78 Å². The van der Waals surface area contributed by atoms with Crippen molar-refractivity contribution in [1.29, 1.82) is 0 Å². The van der Waals surface area contributed by atoms with E-state index in [0.29, 0.717) is 13.0 Å². The van der Waals surface area contributed by atoms with Gasteiger partial charge in [-0.05, 0) is 32.4 Å². The third kappa shape index (κ3) is 4.35. The highest BCUT2D eigenvalue weighted by molar-refractivity contribution is 8.00. The summed E-state index contributed by atoms with van der Waals surface area (Å²) in [6.45, 7) is 6.72. The zero-order valence-corrected chi connectivity index (χ0v) is 14.1. The molecule has 2 rings (SSSR count). The molecule has 1 fully saturated rings. The zero-order valence-electron chi connectivity index (χ0n) is 13.3. The molecule has 3 nitrogen and oxygen atoms in total. The number of aliphatic imine (C=N–C) groups is 1. The number of thioether (sulfide) groups is 1. The SMILES string of the molecule is CN=C(NCCc1c(F)cccc1F)N1CCSC(C)(C)C1. The largest absolute Gasteiger partial charge is 0.356 e. The van der Waals surface area contributed by atoms with Crippen molar-refractivity contribution in [3.8, 4) is 0 Å². The molecule has 122 valence electrons. The quantitative estimate of drug-likeness (QED) is 0.683. The Balaban J connectivity index is 1.92. The van der Waals surface area contributed by atoms with Crippen LogP contribution in [0.5, 0.6) is 0 Å². The zero-order chi connectivity index (χ0) is 16.2. The van der Waals surface area contributed by atoms with E-state index >= 15 is 0 Å². The van der Waals surface area contributed by atoms with E-state index in [1.807, 2.05) is 11.8 Å².